The van der Waals surface area contributed by atoms with Gasteiger partial charge in [-0.15, -0.1) is 5.10 Å². The predicted molar refractivity (Wildman–Crippen MR) is 80.3 cm³/mol. The van der Waals surface area contributed by atoms with Crippen LogP contribution >= 0.6 is 0 Å². The number of furan rings is 1. The molecule has 0 aliphatic heterocycles. The third kappa shape index (κ3) is 4.88. The van der Waals surface area contributed by atoms with Gasteiger partial charge in [0.05, 0.1) is 12.5 Å². The molecular weight excluding hydrogens is 286 g/mol. The summed E-state index contributed by atoms with van der Waals surface area (Å²) < 4.78 is 6.90. The minimum Gasteiger partial charge on any atom is -0.469 e. The molecule has 8 nitrogen and oxygen atoms in total. The Morgan fingerprint density at radius 2 is 2.41 bits per heavy atom. The Labute approximate surface area is 128 Å². The molecule has 0 fully saturated rings. The molecule has 0 aromatic carbocycles. The van der Waals surface area contributed by atoms with Gasteiger partial charge in [0.1, 0.15) is 5.76 Å². The van der Waals surface area contributed by atoms with Gasteiger partial charge in [-0.2, -0.15) is 0 Å². The fraction of sp³-hybridized carbons (Fsp3) is 0.500. The lowest BCUT2D eigenvalue weighted by Gasteiger charge is -2.13. The van der Waals surface area contributed by atoms with Gasteiger partial charge in [-0.05, 0) is 18.6 Å². The number of aryl methyl sites for hydroxylation is 1. The molecular formula is C14H21N5O3. The first kappa shape index (κ1) is 16.0. The molecule has 2 aromatic rings. The van der Waals surface area contributed by atoms with Crippen molar-refractivity contribution in [3.8, 4) is 0 Å². The molecule has 1 atom stereocenters. The summed E-state index contributed by atoms with van der Waals surface area (Å²) in [6, 6.07) is 3.26. The fourth-order valence-electron chi connectivity index (χ4n) is 2.01. The van der Waals surface area contributed by atoms with E-state index in [0.717, 1.165) is 18.7 Å². The standard InChI is InChI=1S/C14H21N5O3/c1-2-5-19-9-13(17-18-19)16-14(21)15-8-11(10-20)7-12-4-3-6-22-12/h3-4,6,9,11,20H,2,5,7-8,10H2,1H3,(H2,15,16,21)/t11-/m1/s1. The average molecular weight is 307 g/mol. The van der Waals surface area contributed by atoms with Gasteiger partial charge in [-0.1, -0.05) is 12.1 Å². The summed E-state index contributed by atoms with van der Waals surface area (Å²) in [7, 11) is 0. The van der Waals surface area contributed by atoms with E-state index >= 15 is 0 Å². The van der Waals surface area contributed by atoms with Crippen molar-refractivity contribution in [1.29, 1.82) is 0 Å². The summed E-state index contributed by atoms with van der Waals surface area (Å²) in [5.74, 6) is 1.08. The number of anilines is 1. The highest BCUT2D eigenvalue weighted by molar-refractivity contribution is 5.87. The topological polar surface area (TPSA) is 105 Å². The van der Waals surface area contributed by atoms with Crippen LogP contribution in [0.25, 0.3) is 0 Å². The van der Waals surface area contributed by atoms with Crippen LogP contribution in [0.4, 0.5) is 10.6 Å². The molecule has 0 aliphatic carbocycles. The highest BCUT2D eigenvalue weighted by atomic mass is 16.3. The van der Waals surface area contributed by atoms with Crippen LogP contribution in [-0.4, -0.2) is 39.3 Å². The number of aliphatic hydroxyl groups excluding tert-OH is 1. The van der Waals surface area contributed by atoms with Gasteiger partial charge in [0, 0.05) is 32.0 Å². The number of carbonyl (C=O) groups excluding carboxylic acids is 1. The number of aromatic nitrogens is 3. The minimum atomic E-state index is -0.374. The molecule has 2 heterocycles. The highest BCUT2D eigenvalue weighted by Gasteiger charge is 2.13. The van der Waals surface area contributed by atoms with Gasteiger partial charge in [0.15, 0.2) is 5.82 Å². The smallest absolute Gasteiger partial charge is 0.320 e. The van der Waals surface area contributed by atoms with Crippen LogP contribution in [0.2, 0.25) is 0 Å². The second kappa shape index (κ2) is 8.18. The SMILES string of the molecule is CCCn1cc(NC(=O)NC[C@H](CO)Cc2ccco2)nn1. The molecule has 0 spiro atoms. The molecule has 0 unspecified atom stereocenters. The van der Waals surface area contributed by atoms with Crippen LogP contribution < -0.4 is 10.6 Å². The van der Waals surface area contributed by atoms with Crippen LogP contribution in [0.15, 0.2) is 29.0 Å². The van der Waals surface area contributed by atoms with E-state index in [1.807, 2.05) is 13.0 Å². The van der Waals surface area contributed by atoms with Gasteiger partial charge in [-0.3, -0.25) is 10.00 Å². The molecule has 0 bridgehead atoms. The molecule has 8 heteroatoms. The van der Waals surface area contributed by atoms with Gasteiger partial charge in [0.25, 0.3) is 0 Å². The average Bonchev–Trinajstić information content (AvgIpc) is 3.16. The molecule has 0 saturated carbocycles. The fourth-order valence-corrected chi connectivity index (χ4v) is 2.01. The maximum atomic E-state index is 11.8. The second-order valence-corrected chi connectivity index (χ2v) is 5.03. The lowest BCUT2D eigenvalue weighted by atomic mass is 10.1. The Bertz CT molecular complexity index is 567. The molecule has 2 aromatic heterocycles. The Morgan fingerprint density at radius 3 is 3.09 bits per heavy atom. The van der Waals surface area contributed by atoms with Crippen molar-refractivity contribution in [2.45, 2.75) is 26.3 Å². The van der Waals surface area contributed by atoms with Crippen molar-refractivity contribution in [2.75, 3.05) is 18.5 Å². The van der Waals surface area contributed by atoms with Gasteiger partial charge >= 0.3 is 6.03 Å². The van der Waals surface area contributed by atoms with Crippen molar-refractivity contribution in [2.24, 2.45) is 5.92 Å². The van der Waals surface area contributed by atoms with E-state index in [4.69, 9.17) is 4.42 Å². The normalized spacial score (nSPS) is 12.1. The lowest BCUT2D eigenvalue weighted by Crippen LogP contribution is -2.35. The summed E-state index contributed by atoms with van der Waals surface area (Å²) in [6.07, 6.45) is 4.77. The maximum absolute atomic E-state index is 11.8. The van der Waals surface area contributed by atoms with E-state index in [-0.39, 0.29) is 18.6 Å². The number of urea groups is 1. The predicted octanol–water partition coefficient (Wildman–Crippen LogP) is 1.25. The van der Waals surface area contributed by atoms with Crippen molar-refractivity contribution in [3.05, 3.63) is 30.4 Å². The first-order valence-corrected chi connectivity index (χ1v) is 7.29. The van der Waals surface area contributed by atoms with Crippen LogP contribution in [-0.2, 0) is 13.0 Å². The summed E-state index contributed by atoms with van der Waals surface area (Å²) in [5.41, 5.74) is 0. The summed E-state index contributed by atoms with van der Waals surface area (Å²) in [6.45, 7) is 3.10. The van der Waals surface area contributed by atoms with Crippen LogP contribution in [0.3, 0.4) is 0 Å². The maximum Gasteiger partial charge on any atom is 0.320 e. The number of aliphatic hydroxyl groups is 1. The summed E-state index contributed by atoms with van der Waals surface area (Å²) in [5, 5.41) is 22.4. The van der Waals surface area contributed by atoms with Gasteiger partial charge in [-0.25, -0.2) is 4.79 Å². The van der Waals surface area contributed by atoms with Gasteiger partial charge < -0.3 is 14.8 Å². The number of nitrogens with one attached hydrogen (secondary N) is 2. The highest BCUT2D eigenvalue weighted by Crippen LogP contribution is 2.08. The number of nitrogens with zero attached hydrogens (tertiary/aromatic N) is 3. The number of hydrogen-bond donors (Lipinski definition) is 3. The Morgan fingerprint density at radius 1 is 1.55 bits per heavy atom. The van der Waals surface area contributed by atoms with Crippen LogP contribution in [0.5, 0.6) is 0 Å². The summed E-state index contributed by atoms with van der Waals surface area (Å²) >= 11 is 0. The zero-order valence-corrected chi connectivity index (χ0v) is 12.5. The first-order chi connectivity index (χ1) is 10.7. The Kier molecular flexibility index (Phi) is 5.96. The third-order valence-electron chi connectivity index (χ3n) is 3.11. The number of carbonyl (C=O) groups is 1. The molecule has 3 N–H and O–H groups in total. The quantitative estimate of drug-likeness (QED) is 0.681. The molecule has 2 rings (SSSR count). The van der Waals surface area contributed by atoms with Crippen molar-refractivity contribution in [3.63, 3.8) is 0 Å². The first-order valence-electron chi connectivity index (χ1n) is 7.29. The van der Waals surface area contributed by atoms with E-state index in [1.54, 1.807) is 23.2 Å². The third-order valence-corrected chi connectivity index (χ3v) is 3.11. The molecule has 120 valence electrons. The zero-order valence-electron chi connectivity index (χ0n) is 12.5. The number of rotatable bonds is 8. The number of hydrogen-bond acceptors (Lipinski definition) is 5. The Balaban J connectivity index is 1.75. The minimum absolute atomic E-state index is 0.0341. The molecule has 0 aliphatic rings. The van der Waals surface area contributed by atoms with E-state index in [1.165, 1.54) is 0 Å². The molecule has 0 radical (unpaired) electrons. The van der Waals surface area contributed by atoms with E-state index in [2.05, 4.69) is 20.9 Å². The number of amides is 2. The lowest BCUT2D eigenvalue weighted by molar-refractivity contribution is 0.213. The van der Waals surface area contributed by atoms with E-state index in [9.17, 15) is 9.90 Å². The molecule has 22 heavy (non-hydrogen) atoms. The zero-order chi connectivity index (χ0) is 15.8. The van der Waals surface area contributed by atoms with Crippen molar-refractivity contribution < 1.29 is 14.3 Å². The van der Waals surface area contributed by atoms with Crippen molar-refractivity contribution >= 4 is 11.8 Å². The van der Waals surface area contributed by atoms with E-state index in [0.29, 0.717) is 18.8 Å². The largest absolute Gasteiger partial charge is 0.469 e. The monoisotopic (exact) mass is 307 g/mol. The molecule has 0 saturated heterocycles. The Hall–Kier alpha value is -2.35. The van der Waals surface area contributed by atoms with Crippen LogP contribution in [0.1, 0.15) is 19.1 Å². The van der Waals surface area contributed by atoms with Crippen LogP contribution in [0, 0.1) is 5.92 Å². The second-order valence-electron chi connectivity index (χ2n) is 5.03. The van der Waals surface area contributed by atoms with Gasteiger partial charge in [0.2, 0.25) is 0 Å². The molecule has 2 amide bonds. The van der Waals surface area contributed by atoms with Crippen molar-refractivity contribution in [1.82, 2.24) is 20.3 Å². The summed E-state index contributed by atoms with van der Waals surface area (Å²) in [4.78, 5) is 11.8. The van der Waals surface area contributed by atoms with E-state index < -0.39 is 0 Å².